The number of nitrogens with one attached hydrogen (secondary N) is 1. The third kappa shape index (κ3) is 3.19. The third-order valence-electron chi connectivity index (χ3n) is 4.63. The number of rotatable bonds is 2. The van der Waals surface area contributed by atoms with Gasteiger partial charge in [0.05, 0.1) is 17.6 Å². The zero-order valence-corrected chi connectivity index (χ0v) is 16.3. The highest BCUT2D eigenvalue weighted by molar-refractivity contribution is 5.98. The van der Waals surface area contributed by atoms with Crippen LogP contribution in [0.5, 0.6) is 0 Å². The van der Waals surface area contributed by atoms with E-state index in [2.05, 4.69) is 10.3 Å². The van der Waals surface area contributed by atoms with E-state index in [1.54, 1.807) is 13.2 Å². The summed E-state index contributed by atoms with van der Waals surface area (Å²) in [6.45, 7) is 6.04. The number of anilines is 1. The van der Waals surface area contributed by atoms with Gasteiger partial charge in [0.2, 0.25) is 0 Å². The quantitative estimate of drug-likeness (QED) is 0.739. The zero-order valence-electron chi connectivity index (χ0n) is 16.3. The minimum atomic E-state index is -0.564. The summed E-state index contributed by atoms with van der Waals surface area (Å²) in [7, 11) is 1.68. The minimum absolute atomic E-state index is 0.0408. The lowest BCUT2D eigenvalue weighted by atomic mass is 10.0. The Kier molecular flexibility index (Phi) is 4.10. The molecule has 0 saturated heterocycles. The average Bonchev–Trinajstić information content (AvgIpc) is 3.22. The molecule has 0 bridgehead atoms. The summed E-state index contributed by atoms with van der Waals surface area (Å²) >= 11 is 0. The number of benzene rings is 1. The van der Waals surface area contributed by atoms with E-state index < -0.39 is 11.7 Å². The Labute approximate surface area is 162 Å². The molecule has 0 radical (unpaired) electrons. The first-order chi connectivity index (χ1) is 13.2. The second-order valence-corrected chi connectivity index (χ2v) is 7.85. The van der Waals surface area contributed by atoms with Crippen molar-refractivity contribution in [2.75, 3.05) is 11.9 Å². The lowest BCUT2D eigenvalue weighted by molar-refractivity contribution is 0.0589. The van der Waals surface area contributed by atoms with Crippen LogP contribution in [0.2, 0.25) is 0 Å². The second kappa shape index (κ2) is 6.37. The fourth-order valence-electron chi connectivity index (χ4n) is 3.21. The molecule has 3 aromatic rings. The van der Waals surface area contributed by atoms with E-state index in [0.29, 0.717) is 17.8 Å². The molecule has 0 saturated carbocycles. The van der Waals surface area contributed by atoms with Crippen molar-refractivity contribution < 1.29 is 14.3 Å². The number of amides is 2. The molecule has 2 aromatic heterocycles. The van der Waals surface area contributed by atoms with Crippen LogP contribution in [0.1, 0.15) is 36.7 Å². The molecule has 1 aliphatic heterocycles. The maximum Gasteiger partial charge on any atom is 0.414 e. The predicted octanol–water partition coefficient (Wildman–Crippen LogP) is 3.62. The highest BCUT2D eigenvalue weighted by Crippen LogP contribution is 2.27. The van der Waals surface area contributed by atoms with Crippen molar-refractivity contribution in [3.63, 3.8) is 0 Å². The van der Waals surface area contributed by atoms with Gasteiger partial charge in [-0.15, -0.1) is 0 Å². The van der Waals surface area contributed by atoms with Crippen LogP contribution >= 0.6 is 0 Å². The van der Waals surface area contributed by atoms with Gasteiger partial charge in [0, 0.05) is 30.9 Å². The van der Waals surface area contributed by atoms with E-state index >= 15 is 0 Å². The first kappa shape index (κ1) is 18.0. The number of imidazole rings is 1. The smallest absolute Gasteiger partial charge is 0.414 e. The topological polar surface area (TPSA) is 75.9 Å². The van der Waals surface area contributed by atoms with Crippen molar-refractivity contribution in [2.24, 2.45) is 0 Å². The summed E-state index contributed by atoms with van der Waals surface area (Å²) < 4.78 is 7.38. The lowest BCUT2D eigenvalue weighted by Gasteiger charge is -2.24. The molecule has 1 N–H and O–H groups in total. The Morgan fingerprint density at radius 1 is 1.25 bits per heavy atom. The van der Waals surface area contributed by atoms with E-state index in [4.69, 9.17) is 4.74 Å². The molecule has 28 heavy (non-hydrogen) atoms. The molecule has 4 rings (SSSR count). The van der Waals surface area contributed by atoms with Gasteiger partial charge in [0.1, 0.15) is 11.2 Å². The van der Waals surface area contributed by atoms with Crippen molar-refractivity contribution in [3.05, 3.63) is 53.9 Å². The van der Waals surface area contributed by atoms with Gasteiger partial charge in [-0.05, 0) is 50.6 Å². The molecule has 7 heteroatoms. The van der Waals surface area contributed by atoms with Gasteiger partial charge >= 0.3 is 6.09 Å². The van der Waals surface area contributed by atoms with Crippen LogP contribution in [0.3, 0.4) is 0 Å². The summed E-state index contributed by atoms with van der Waals surface area (Å²) in [5.74, 6) is -0.0408. The number of hydrogen-bond acceptors (Lipinski definition) is 4. The van der Waals surface area contributed by atoms with E-state index in [-0.39, 0.29) is 5.91 Å². The van der Waals surface area contributed by atoms with Crippen LogP contribution in [0.4, 0.5) is 10.5 Å². The van der Waals surface area contributed by atoms with Gasteiger partial charge in [-0.1, -0.05) is 6.07 Å². The molecule has 7 nitrogen and oxygen atoms in total. The Bertz CT molecular complexity index is 1090. The van der Waals surface area contributed by atoms with Gasteiger partial charge in [-0.2, -0.15) is 0 Å². The summed E-state index contributed by atoms with van der Waals surface area (Å²) in [6, 6.07) is 9.45. The standard InChI is InChI=1S/C21H22N4O3/c1-21(2,3)28-20(27)24(4)15-6-8-18-22-11-17(25(18)12-15)13-5-7-16-14(9-13)10-23-19(16)26/h5-9,11-12H,10H2,1-4H3,(H,23,26). The van der Waals surface area contributed by atoms with Crippen molar-refractivity contribution in [3.8, 4) is 11.3 Å². The summed E-state index contributed by atoms with van der Waals surface area (Å²) in [6.07, 6.45) is 3.23. The Hall–Kier alpha value is -3.35. The molecular formula is C21H22N4O3. The van der Waals surface area contributed by atoms with Gasteiger partial charge in [-0.25, -0.2) is 9.78 Å². The van der Waals surface area contributed by atoms with Crippen LogP contribution < -0.4 is 10.2 Å². The molecular weight excluding hydrogens is 356 g/mol. The number of pyridine rings is 1. The fourth-order valence-corrected chi connectivity index (χ4v) is 3.21. The lowest BCUT2D eigenvalue weighted by Crippen LogP contribution is -2.34. The molecule has 1 aliphatic rings. The molecule has 3 heterocycles. The summed E-state index contributed by atoms with van der Waals surface area (Å²) in [5.41, 5.74) is 4.43. The molecule has 0 atom stereocenters. The number of fused-ring (bicyclic) bond motifs is 2. The number of ether oxygens (including phenoxy) is 1. The maximum absolute atomic E-state index is 12.4. The highest BCUT2D eigenvalue weighted by atomic mass is 16.6. The minimum Gasteiger partial charge on any atom is -0.443 e. The molecule has 1 aromatic carbocycles. The van der Waals surface area contributed by atoms with E-state index in [9.17, 15) is 9.59 Å². The Balaban J connectivity index is 1.71. The van der Waals surface area contributed by atoms with Crippen LogP contribution in [-0.2, 0) is 11.3 Å². The zero-order chi connectivity index (χ0) is 20.1. The van der Waals surface area contributed by atoms with Gasteiger partial charge < -0.3 is 10.1 Å². The van der Waals surface area contributed by atoms with E-state index in [1.807, 2.05) is 61.7 Å². The molecule has 0 aliphatic carbocycles. The van der Waals surface area contributed by atoms with E-state index in [1.165, 1.54) is 4.90 Å². The van der Waals surface area contributed by atoms with Crippen LogP contribution in [-0.4, -0.2) is 34.0 Å². The number of nitrogens with zero attached hydrogens (tertiary/aromatic N) is 3. The van der Waals surface area contributed by atoms with Crippen molar-refractivity contribution in [2.45, 2.75) is 32.9 Å². The number of hydrogen-bond donors (Lipinski definition) is 1. The number of aromatic nitrogens is 2. The predicted molar refractivity (Wildman–Crippen MR) is 106 cm³/mol. The van der Waals surface area contributed by atoms with Gasteiger partial charge in [-0.3, -0.25) is 14.1 Å². The van der Waals surface area contributed by atoms with Crippen molar-refractivity contribution >= 4 is 23.3 Å². The number of carbonyl (C=O) groups is 2. The van der Waals surface area contributed by atoms with Crippen LogP contribution in [0.15, 0.2) is 42.7 Å². The van der Waals surface area contributed by atoms with Crippen LogP contribution in [0, 0.1) is 0 Å². The summed E-state index contributed by atoms with van der Waals surface area (Å²) in [4.78, 5) is 30.1. The normalized spacial score (nSPS) is 13.4. The van der Waals surface area contributed by atoms with Gasteiger partial charge in [0.15, 0.2) is 0 Å². The third-order valence-corrected chi connectivity index (χ3v) is 4.63. The molecule has 144 valence electrons. The maximum atomic E-state index is 12.4. The van der Waals surface area contributed by atoms with Gasteiger partial charge in [0.25, 0.3) is 5.91 Å². The SMILES string of the molecule is CN(C(=O)OC(C)(C)C)c1ccc2ncc(-c3ccc4c(c3)CNC4=O)n2c1. The average molecular weight is 378 g/mol. The first-order valence-corrected chi connectivity index (χ1v) is 9.08. The fraction of sp³-hybridized carbons (Fsp3) is 0.286. The highest BCUT2D eigenvalue weighted by Gasteiger charge is 2.22. The first-order valence-electron chi connectivity index (χ1n) is 9.08. The second-order valence-electron chi connectivity index (χ2n) is 7.85. The Morgan fingerprint density at radius 3 is 2.79 bits per heavy atom. The largest absolute Gasteiger partial charge is 0.443 e. The molecule has 0 spiro atoms. The monoisotopic (exact) mass is 378 g/mol. The molecule has 0 fully saturated rings. The van der Waals surface area contributed by atoms with Crippen molar-refractivity contribution in [1.29, 1.82) is 0 Å². The van der Waals surface area contributed by atoms with Crippen LogP contribution in [0.25, 0.3) is 16.9 Å². The number of carbonyl (C=O) groups excluding carboxylic acids is 2. The molecule has 2 amide bonds. The Morgan fingerprint density at radius 2 is 2.04 bits per heavy atom. The van der Waals surface area contributed by atoms with E-state index in [0.717, 1.165) is 22.5 Å². The van der Waals surface area contributed by atoms with Crippen molar-refractivity contribution in [1.82, 2.24) is 14.7 Å². The molecule has 0 unspecified atom stereocenters. The summed E-state index contributed by atoms with van der Waals surface area (Å²) in [5, 5.41) is 2.83.